The predicted octanol–water partition coefficient (Wildman–Crippen LogP) is 3.53. The van der Waals surface area contributed by atoms with Gasteiger partial charge < -0.3 is 4.74 Å². The maximum Gasteiger partial charge on any atom is 0.363 e. The van der Waals surface area contributed by atoms with E-state index < -0.39 is 5.97 Å². The number of carbonyl (C=O) groups is 1. The van der Waals surface area contributed by atoms with Crippen LogP contribution < -0.4 is 0 Å². The zero-order valence-electron chi connectivity index (χ0n) is 13.6. The van der Waals surface area contributed by atoms with Gasteiger partial charge in [-0.25, -0.2) is 14.5 Å². The summed E-state index contributed by atoms with van der Waals surface area (Å²) in [5.41, 5.74) is 3.87. The number of aromatic nitrogens is 2. The van der Waals surface area contributed by atoms with Gasteiger partial charge in [0, 0.05) is 17.3 Å². The average molecular weight is 329 g/mol. The number of aryl methyl sites for hydroxylation is 1. The number of aliphatic imine (C=N–C) groups is 1. The molecule has 1 aromatic heterocycles. The second-order valence-corrected chi connectivity index (χ2v) is 5.76. The van der Waals surface area contributed by atoms with E-state index in [9.17, 15) is 4.79 Å². The van der Waals surface area contributed by atoms with Gasteiger partial charge in [0.15, 0.2) is 5.70 Å². The Morgan fingerprint density at radius 2 is 1.92 bits per heavy atom. The molecule has 2 heterocycles. The van der Waals surface area contributed by atoms with Crippen LogP contribution in [0.5, 0.6) is 0 Å². The SMILES string of the molecule is Cc1cccc(C2=N/C(=C\c3cnn(-c4ccccc4)c3)C(=O)O2)c1. The first-order chi connectivity index (χ1) is 12.2. The first kappa shape index (κ1) is 15.1. The molecule has 5 nitrogen and oxygen atoms in total. The molecule has 3 aromatic rings. The van der Waals surface area contributed by atoms with Crippen LogP contribution in [0.15, 0.2) is 77.7 Å². The van der Waals surface area contributed by atoms with Gasteiger partial charge in [-0.1, -0.05) is 35.9 Å². The maximum absolute atomic E-state index is 12.1. The average Bonchev–Trinajstić information content (AvgIpc) is 3.24. The van der Waals surface area contributed by atoms with Gasteiger partial charge in [0.1, 0.15) is 0 Å². The molecule has 122 valence electrons. The van der Waals surface area contributed by atoms with E-state index >= 15 is 0 Å². The van der Waals surface area contributed by atoms with E-state index in [0.29, 0.717) is 5.90 Å². The summed E-state index contributed by atoms with van der Waals surface area (Å²) in [5.74, 6) is -0.126. The van der Waals surface area contributed by atoms with Crippen molar-refractivity contribution in [2.45, 2.75) is 6.92 Å². The molecule has 0 saturated carbocycles. The molecule has 0 atom stereocenters. The maximum atomic E-state index is 12.1. The minimum atomic E-state index is -0.455. The molecule has 0 radical (unpaired) electrons. The van der Waals surface area contributed by atoms with Crippen molar-refractivity contribution < 1.29 is 9.53 Å². The molecule has 0 aliphatic carbocycles. The summed E-state index contributed by atoms with van der Waals surface area (Å²) in [7, 11) is 0. The van der Waals surface area contributed by atoms with Gasteiger partial charge in [0.05, 0.1) is 11.9 Å². The Morgan fingerprint density at radius 1 is 1.08 bits per heavy atom. The lowest BCUT2D eigenvalue weighted by atomic mass is 10.1. The van der Waals surface area contributed by atoms with Crippen LogP contribution in [-0.4, -0.2) is 21.6 Å². The minimum Gasteiger partial charge on any atom is -0.402 e. The largest absolute Gasteiger partial charge is 0.402 e. The Bertz CT molecular complexity index is 1000. The summed E-state index contributed by atoms with van der Waals surface area (Å²) in [5, 5.41) is 4.31. The fraction of sp³-hybridized carbons (Fsp3) is 0.0500. The first-order valence-electron chi connectivity index (χ1n) is 7.89. The molecule has 0 saturated heterocycles. The van der Waals surface area contributed by atoms with E-state index in [1.165, 1.54) is 0 Å². The summed E-state index contributed by atoms with van der Waals surface area (Å²) in [6.07, 6.45) is 5.21. The summed E-state index contributed by atoms with van der Waals surface area (Å²) in [4.78, 5) is 16.4. The zero-order chi connectivity index (χ0) is 17.2. The highest BCUT2D eigenvalue weighted by Crippen LogP contribution is 2.20. The number of carbonyl (C=O) groups excluding carboxylic acids is 1. The molecule has 4 rings (SSSR count). The summed E-state index contributed by atoms with van der Waals surface area (Å²) in [6.45, 7) is 1.98. The Balaban J connectivity index is 1.63. The number of nitrogens with zero attached hydrogens (tertiary/aromatic N) is 3. The van der Waals surface area contributed by atoms with Gasteiger partial charge in [-0.2, -0.15) is 5.10 Å². The third kappa shape index (κ3) is 3.12. The Labute approximate surface area is 144 Å². The molecule has 1 aliphatic rings. The van der Waals surface area contributed by atoms with E-state index in [1.54, 1.807) is 17.0 Å². The lowest BCUT2D eigenvalue weighted by molar-refractivity contribution is -0.129. The number of rotatable bonds is 3. The number of hydrogen-bond acceptors (Lipinski definition) is 4. The molecule has 25 heavy (non-hydrogen) atoms. The minimum absolute atomic E-state index is 0.268. The molecule has 1 aliphatic heterocycles. The van der Waals surface area contributed by atoms with Crippen molar-refractivity contribution in [2.75, 3.05) is 0 Å². The third-order valence-corrected chi connectivity index (χ3v) is 3.81. The van der Waals surface area contributed by atoms with Crippen LogP contribution in [0.4, 0.5) is 0 Å². The highest BCUT2D eigenvalue weighted by Gasteiger charge is 2.24. The van der Waals surface area contributed by atoms with Crippen LogP contribution in [0.2, 0.25) is 0 Å². The summed E-state index contributed by atoms with van der Waals surface area (Å²) >= 11 is 0. The van der Waals surface area contributed by atoms with Crippen molar-refractivity contribution in [3.8, 4) is 5.69 Å². The van der Waals surface area contributed by atoms with Crippen molar-refractivity contribution in [3.63, 3.8) is 0 Å². The molecule has 5 heteroatoms. The third-order valence-electron chi connectivity index (χ3n) is 3.81. The van der Waals surface area contributed by atoms with Gasteiger partial charge in [0.25, 0.3) is 0 Å². The second kappa shape index (κ2) is 6.20. The Kier molecular flexibility index (Phi) is 3.74. The number of esters is 1. The standard InChI is InChI=1S/C20H15N3O2/c1-14-6-5-7-16(10-14)19-22-18(20(24)25-19)11-15-12-21-23(13-15)17-8-3-2-4-9-17/h2-13H,1H3/b18-11-. The number of benzene rings is 2. The fourth-order valence-corrected chi connectivity index (χ4v) is 2.60. The Hall–Kier alpha value is -3.47. The first-order valence-corrected chi connectivity index (χ1v) is 7.89. The van der Waals surface area contributed by atoms with Crippen molar-refractivity contribution >= 4 is 17.9 Å². The van der Waals surface area contributed by atoms with E-state index in [4.69, 9.17) is 4.74 Å². The van der Waals surface area contributed by atoms with Crippen molar-refractivity contribution in [3.05, 3.63) is 89.4 Å². The van der Waals surface area contributed by atoms with Gasteiger partial charge in [0.2, 0.25) is 5.90 Å². The molecule has 0 spiro atoms. The van der Waals surface area contributed by atoms with Crippen LogP contribution >= 0.6 is 0 Å². The second-order valence-electron chi connectivity index (χ2n) is 5.76. The molecule has 2 aromatic carbocycles. The Morgan fingerprint density at radius 3 is 2.72 bits per heavy atom. The number of ether oxygens (including phenoxy) is 1. The van der Waals surface area contributed by atoms with Crippen molar-refractivity contribution in [1.29, 1.82) is 0 Å². The van der Waals surface area contributed by atoms with Crippen molar-refractivity contribution in [1.82, 2.24) is 9.78 Å². The van der Waals surface area contributed by atoms with E-state index in [1.807, 2.05) is 67.7 Å². The smallest absolute Gasteiger partial charge is 0.363 e. The molecular formula is C20H15N3O2. The summed E-state index contributed by atoms with van der Waals surface area (Å²) in [6, 6.07) is 17.5. The normalized spacial score (nSPS) is 15.3. The molecule has 0 fully saturated rings. The van der Waals surface area contributed by atoms with Crippen LogP contribution in [-0.2, 0) is 9.53 Å². The van der Waals surface area contributed by atoms with E-state index in [2.05, 4.69) is 10.1 Å². The van der Waals surface area contributed by atoms with Crippen molar-refractivity contribution in [2.24, 2.45) is 4.99 Å². The highest BCUT2D eigenvalue weighted by atomic mass is 16.6. The predicted molar refractivity (Wildman–Crippen MR) is 95.3 cm³/mol. The fourth-order valence-electron chi connectivity index (χ4n) is 2.60. The van der Waals surface area contributed by atoms with Gasteiger partial charge in [-0.05, 0) is 37.3 Å². The monoisotopic (exact) mass is 329 g/mol. The van der Waals surface area contributed by atoms with E-state index in [0.717, 1.165) is 22.4 Å². The molecule has 0 unspecified atom stereocenters. The lowest BCUT2D eigenvalue weighted by Gasteiger charge is -1.99. The number of para-hydroxylation sites is 1. The van der Waals surface area contributed by atoms with E-state index in [-0.39, 0.29) is 5.70 Å². The molecule has 0 N–H and O–H groups in total. The van der Waals surface area contributed by atoms with Gasteiger partial charge >= 0.3 is 5.97 Å². The number of cyclic esters (lactones) is 1. The zero-order valence-corrected chi connectivity index (χ0v) is 13.6. The topological polar surface area (TPSA) is 56.5 Å². The van der Waals surface area contributed by atoms with Gasteiger partial charge in [-0.3, -0.25) is 0 Å². The molecule has 0 bridgehead atoms. The molecular weight excluding hydrogens is 314 g/mol. The molecule has 0 amide bonds. The summed E-state index contributed by atoms with van der Waals surface area (Å²) < 4.78 is 7.04. The van der Waals surface area contributed by atoms with Crippen LogP contribution in [0.3, 0.4) is 0 Å². The van der Waals surface area contributed by atoms with Crippen LogP contribution in [0.25, 0.3) is 11.8 Å². The highest BCUT2D eigenvalue weighted by molar-refractivity contribution is 6.12. The van der Waals surface area contributed by atoms with Crippen LogP contribution in [0.1, 0.15) is 16.7 Å². The van der Waals surface area contributed by atoms with Crippen LogP contribution in [0, 0.1) is 6.92 Å². The lowest BCUT2D eigenvalue weighted by Crippen LogP contribution is -2.05. The number of hydrogen-bond donors (Lipinski definition) is 0. The quantitative estimate of drug-likeness (QED) is 0.546. The van der Waals surface area contributed by atoms with Gasteiger partial charge in [-0.15, -0.1) is 0 Å².